The number of hydrogen-bond acceptors (Lipinski definition) is 2. The monoisotopic (exact) mass is 321 g/mol. The van der Waals surface area contributed by atoms with Crippen LogP contribution in [0.15, 0.2) is 4.47 Å². The Morgan fingerprint density at radius 2 is 2.06 bits per heavy atom. The third kappa shape index (κ3) is 4.60. The fourth-order valence-corrected chi connectivity index (χ4v) is 2.49. The molecule has 0 amide bonds. The van der Waals surface area contributed by atoms with E-state index in [9.17, 15) is 0 Å². The molecule has 0 radical (unpaired) electrons. The molecule has 0 unspecified atom stereocenters. The molecule has 0 aliphatic rings. The molecule has 5 heteroatoms. The zero-order valence-electron chi connectivity index (χ0n) is 10.8. The first kappa shape index (κ1) is 15.0. The van der Waals surface area contributed by atoms with E-state index < -0.39 is 0 Å². The van der Waals surface area contributed by atoms with Crippen LogP contribution in [-0.4, -0.2) is 34.2 Å². The van der Waals surface area contributed by atoms with Gasteiger partial charge in [-0.3, -0.25) is 4.68 Å². The minimum absolute atomic E-state index is 0.774. The minimum atomic E-state index is 0.774. The fraction of sp³-hybridized carbons (Fsp3) is 0.750. The number of unbranched alkanes of at least 4 members (excludes halogenated alkanes) is 2. The van der Waals surface area contributed by atoms with Crippen molar-refractivity contribution < 1.29 is 0 Å². The molecule has 1 rings (SSSR count). The molecule has 0 bridgehead atoms. The number of hydrogen-bond donors (Lipinski definition) is 0. The predicted molar refractivity (Wildman–Crippen MR) is 76.6 cm³/mol. The van der Waals surface area contributed by atoms with Crippen LogP contribution in [0.2, 0.25) is 0 Å². The first-order chi connectivity index (χ1) is 8.06. The molecule has 1 heterocycles. The van der Waals surface area contributed by atoms with Gasteiger partial charge in [0, 0.05) is 19.5 Å². The molecule has 0 spiro atoms. The Hall–Kier alpha value is -0.0600. The van der Waals surface area contributed by atoms with Crippen molar-refractivity contribution in [1.82, 2.24) is 14.7 Å². The molecular weight excluding hydrogens is 302 g/mol. The minimum Gasteiger partial charge on any atom is -0.301 e. The average Bonchev–Trinajstić information content (AvgIpc) is 2.52. The van der Waals surface area contributed by atoms with Gasteiger partial charge in [0.1, 0.15) is 0 Å². The highest BCUT2D eigenvalue weighted by atomic mass is 79.9. The molecule has 0 N–H and O–H groups in total. The first-order valence-electron chi connectivity index (χ1n) is 5.98. The van der Waals surface area contributed by atoms with E-state index in [4.69, 9.17) is 11.6 Å². The number of nitrogens with zero attached hydrogens (tertiary/aromatic N) is 3. The second kappa shape index (κ2) is 7.39. The summed E-state index contributed by atoms with van der Waals surface area (Å²) in [5.41, 5.74) is 2.29. The first-order valence-corrected chi connectivity index (χ1v) is 7.31. The maximum absolute atomic E-state index is 5.66. The zero-order valence-corrected chi connectivity index (χ0v) is 13.2. The highest BCUT2D eigenvalue weighted by molar-refractivity contribution is 9.10. The van der Waals surface area contributed by atoms with Crippen LogP contribution >= 0.6 is 27.5 Å². The van der Waals surface area contributed by atoms with Crippen molar-refractivity contribution in [2.45, 2.75) is 32.7 Å². The summed E-state index contributed by atoms with van der Waals surface area (Å²) < 4.78 is 3.09. The SMILES string of the molecule is Cc1nn(C)c(CN(C)CCCCCCl)c1Br. The lowest BCUT2D eigenvalue weighted by Crippen LogP contribution is -2.21. The van der Waals surface area contributed by atoms with Gasteiger partial charge in [-0.2, -0.15) is 5.10 Å². The van der Waals surface area contributed by atoms with Crippen LogP contribution in [0.25, 0.3) is 0 Å². The van der Waals surface area contributed by atoms with Crippen molar-refractivity contribution in [3.63, 3.8) is 0 Å². The van der Waals surface area contributed by atoms with Crippen molar-refractivity contribution in [2.75, 3.05) is 19.5 Å². The highest BCUT2D eigenvalue weighted by Gasteiger charge is 2.12. The summed E-state index contributed by atoms with van der Waals surface area (Å²) in [4.78, 5) is 2.33. The summed E-state index contributed by atoms with van der Waals surface area (Å²) in [5.74, 6) is 0.774. The van der Waals surface area contributed by atoms with Gasteiger partial charge >= 0.3 is 0 Å². The summed E-state index contributed by atoms with van der Waals surface area (Å²) in [7, 11) is 4.14. The van der Waals surface area contributed by atoms with E-state index in [1.807, 2.05) is 18.7 Å². The van der Waals surface area contributed by atoms with Gasteiger partial charge < -0.3 is 4.90 Å². The molecule has 17 heavy (non-hydrogen) atoms. The van der Waals surface area contributed by atoms with Crippen LogP contribution < -0.4 is 0 Å². The smallest absolute Gasteiger partial charge is 0.0739 e. The number of aryl methyl sites for hydroxylation is 2. The number of aromatic nitrogens is 2. The van der Waals surface area contributed by atoms with E-state index >= 15 is 0 Å². The average molecular weight is 323 g/mol. The Bertz CT molecular complexity index is 352. The molecular formula is C12H21BrClN3. The van der Waals surface area contributed by atoms with Gasteiger partial charge in [0.15, 0.2) is 0 Å². The highest BCUT2D eigenvalue weighted by Crippen LogP contribution is 2.21. The maximum Gasteiger partial charge on any atom is 0.0739 e. The van der Waals surface area contributed by atoms with Crippen LogP contribution in [0.1, 0.15) is 30.7 Å². The lowest BCUT2D eigenvalue weighted by Gasteiger charge is -2.16. The molecule has 1 aromatic heterocycles. The van der Waals surface area contributed by atoms with Gasteiger partial charge in [0.05, 0.1) is 15.9 Å². The molecule has 0 aliphatic heterocycles. The molecule has 0 fully saturated rings. The van der Waals surface area contributed by atoms with Gasteiger partial charge in [-0.05, 0) is 49.3 Å². The normalized spacial score (nSPS) is 11.4. The topological polar surface area (TPSA) is 21.1 Å². The Morgan fingerprint density at radius 1 is 1.35 bits per heavy atom. The van der Waals surface area contributed by atoms with Crippen LogP contribution in [0.4, 0.5) is 0 Å². The van der Waals surface area contributed by atoms with Crippen molar-refractivity contribution in [2.24, 2.45) is 7.05 Å². The second-order valence-electron chi connectivity index (χ2n) is 4.46. The van der Waals surface area contributed by atoms with Crippen LogP contribution in [0.3, 0.4) is 0 Å². The molecule has 0 aromatic carbocycles. The van der Waals surface area contributed by atoms with Crippen molar-refractivity contribution in [3.05, 3.63) is 15.9 Å². The Morgan fingerprint density at radius 3 is 2.59 bits per heavy atom. The van der Waals surface area contributed by atoms with Gasteiger partial charge in [0.2, 0.25) is 0 Å². The Balaban J connectivity index is 2.42. The number of alkyl halides is 1. The summed E-state index contributed by atoms with van der Waals surface area (Å²) in [6.45, 7) is 4.06. The van der Waals surface area contributed by atoms with Gasteiger partial charge in [-0.1, -0.05) is 6.42 Å². The fourth-order valence-electron chi connectivity index (χ4n) is 1.84. The molecule has 0 atom stereocenters. The Labute approximate surface area is 117 Å². The van der Waals surface area contributed by atoms with Gasteiger partial charge in [-0.15, -0.1) is 11.6 Å². The van der Waals surface area contributed by atoms with E-state index in [0.717, 1.165) is 35.6 Å². The molecule has 3 nitrogen and oxygen atoms in total. The maximum atomic E-state index is 5.66. The van der Waals surface area contributed by atoms with Crippen molar-refractivity contribution >= 4 is 27.5 Å². The summed E-state index contributed by atoms with van der Waals surface area (Å²) in [6, 6.07) is 0. The molecule has 1 aromatic rings. The zero-order chi connectivity index (χ0) is 12.8. The lowest BCUT2D eigenvalue weighted by molar-refractivity contribution is 0.309. The van der Waals surface area contributed by atoms with Crippen LogP contribution in [0.5, 0.6) is 0 Å². The molecule has 0 saturated carbocycles. The molecule has 98 valence electrons. The number of rotatable bonds is 7. The largest absolute Gasteiger partial charge is 0.301 e. The van der Waals surface area contributed by atoms with Crippen molar-refractivity contribution in [3.8, 4) is 0 Å². The van der Waals surface area contributed by atoms with E-state index in [0.29, 0.717) is 0 Å². The second-order valence-corrected chi connectivity index (χ2v) is 5.63. The third-order valence-corrected chi connectivity index (χ3v) is 4.15. The summed E-state index contributed by atoms with van der Waals surface area (Å²) in [5, 5.41) is 4.40. The lowest BCUT2D eigenvalue weighted by atomic mass is 10.2. The van der Waals surface area contributed by atoms with E-state index in [1.54, 1.807) is 0 Å². The molecule has 0 saturated heterocycles. The van der Waals surface area contributed by atoms with Crippen molar-refractivity contribution in [1.29, 1.82) is 0 Å². The summed E-state index contributed by atoms with van der Waals surface area (Å²) >= 11 is 9.25. The van der Waals surface area contributed by atoms with E-state index in [2.05, 4.69) is 33.0 Å². The van der Waals surface area contributed by atoms with E-state index in [-0.39, 0.29) is 0 Å². The van der Waals surface area contributed by atoms with Crippen LogP contribution in [-0.2, 0) is 13.6 Å². The quantitative estimate of drug-likeness (QED) is 0.567. The number of halogens is 2. The van der Waals surface area contributed by atoms with E-state index in [1.165, 1.54) is 18.5 Å². The summed E-state index contributed by atoms with van der Waals surface area (Å²) in [6.07, 6.45) is 3.53. The van der Waals surface area contributed by atoms with Gasteiger partial charge in [-0.25, -0.2) is 0 Å². The van der Waals surface area contributed by atoms with Crippen LogP contribution in [0, 0.1) is 6.92 Å². The molecule has 0 aliphatic carbocycles. The predicted octanol–water partition coefficient (Wildman–Crippen LogP) is 3.33. The third-order valence-electron chi connectivity index (χ3n) is 2.85. The van der Waals surface area contributed by atoms with Gasteiger partial charge in [0.25, 0.3) is 0 Å². The Kier molecular flexibility index (Phi) is 6.52. The standard InChI is InChI=1S/C12H21BrClN3/c1-10-12(13)11(17(3)15-10)9-16(2)8-6-4-5-7-14/h4-9H2,1-3H3.